The second-order valence-corrected chi connectivity index (χ2v) is 6.38. The maximum absolute atomic E-state index is 5.55. The fraction of sp³-hybridized carbons (Fsp3) is 0.261. The minimum Gasteiger partial charge on any atom is -0.494 e. The third kappa shape index (κ3) is 5.71. The molecule has 0 aliphatic heterocycles. The summed E-state index contributed by atoms with van der Waals surface area (Å²) >= 11 is 0. The van der Waals surface area contributed by atoms with Gasteiger partial charge in [-0.15, -0.1) is 0 Å². The van der Waals surface area contributed by atoms with Gasteiger partial charge in [-0.2, -0.15) is 0 Å². The van der Waals surface area contributed by atoms with Crippen molar-refractivity contribution in [3.63, 3.8) is 0 Å². The van der Waals surface area contributed by atoms with Gasteiger partial charge in [0.05, 0.1) is 6.61 Å². The van der Waals surface area contributed by atoms with E-state index >= 15 is 0 Å². The van der Waals surface area contributed by atoms with Gasteiger partial charge in [0, 0.05) is 32.0 Å². The molecular weight excluding hydrogens is 320 g/mol. The van der Waals surface area contributed by atoms with Crippen LogP contribution in [-0.2, 0) is 19.5 Å². The Kier molecular flexibility index (Phi) is 6.80. The van der Waals surface area contributed by atoms with Crippen LogP contribution in [0, 0.1) is 0 Å². The highest BCUT2D eigenvalue weighted by Gasteiger charge is 2.08. The molecule has 0 saturated carbocycles. The Hall–Kier alpha value is -2.65. The zero-order valence-corrected chi connectivity index (χ0v) is 15.3. The van der Waals surface area contributed by atoms with Crippen LogP contribution in [0.4, 0.5) is 0 Å². The summed E-state index contributed by atoms with van der Waals surface area (Å²) in [5.74, 6) is 0.932. The minimum absolute atomic E-state index is 0.699. The Balaban J connectivity index is 1.67. The summed E-state index contributed by atoms with van der Waals surface area (Å²) in [6.45, 7) is 5.56. The lowest BCUT2D eigenvalue weighted by Crippen LogP contribution is -2.25. The van der Waals surface area contributed by atoms with Crippen LogP contribution in [0.2, 0.25) is 0 Å². The average Bonchev–Trinajstić information content (AvgIpc) is 2.69. The largest absolute Gasteiger partial charge is 0.494 e. The van der Waals surface area contributed by atoms with Crippen LogP contribution in [0.3, 0.4) is 0 Å². The van der Waals surface area contributed by atoms with Gasteiger partial charge >= 0.3 is 0 Å². The molecule has 0 spiro atoms. The molecule has 1 heterocycles. The van der Waals surface area contributed by atoms with Gasteiger partial charge in [-0.3, -0.25) is 9.88 Å². The topological polar surface area (TPSA) is 25.4 Å². The Labute approximate surface area is 156 Å². The maximum Gasteiger partial charge on any atom is 0.119 e. The molecular formula is C23H26N2O. The van der Waals surface area contributed by atoms with Crippen molar-refractivity contribution in [1.29, 1.82) is 0 Å². The van der Waals surface area contributed by atoms with Gasteiger partial charge in [0.2, 0.25) is 0 Å². The molecule has 3 heteroatoms. The molecule has 0 bridgehead atoms. The van der Waals surface area contributed by atoms with Crippen molar-refractivity contribution in [2.24, 2.45) is 0 Å². The van der Waals surface area contributed by atoms with E-state index in [-0.39, 0.29) is 0 Å². The number of hydrogen-bond acceptors (Lipinski definition) is 3. The molecule has 0 unspecified atom stereocenters. The summed E-state index contributed by atoms with van der Waals surface area (Å²) in [6, 6.07) is 23.3. The third-order valence-electron chi connectivity index (χ3n) is 4.36. The molecule has 0 N–H and O–H groups in total. The average molecular weight is 346 g/mol. The first-order chi connectivity index (χ1) is 12.8. The Morgan fingerprint density at radius 3 is 2.08 bits per heavy atom. The molecule has 0 aliphatic carbocycles. The molecule has 0 saturated heterocycles. The highest BCUT2D eigenvalue weighted by molar-refractivity contribution is 5.27. The number of benzene rings is 2. The second-order valence-electron chi connectivity index (χ2n) is 6.38. The molecule has 3 rings (SSSR count). The number of ether oxygens (including phenoxy) is 1. The molecule has 3 aromatic rings. The molecule has 0 atom stereocenters. The quantitative estimate of drug-likeness (QED) is 0.560. The summed E-state index contributed by atoms with van der Waals surface area (Å²) in [7, 11) is 0. The van der Waals surface area contributed by atoms with Gasteiger partial charge in [-0.25, -0.2) is 0 Å². The van der Waals surface area contributed by atoms with Gasteiger partial charge in [0.25, 0.3) is 0 Å². The number of aromatic nitrogens is 1. The van der Waals surface area contributed by atoms with Crippen molar-refractivity contribution in [1.82, 2.24) is 9.88 Å². The summed E-state index contributed by atoms with van der Waals surface area (Å²) in [5.41, 5.74) is 3.97. The summed E-state index contributed by atoms with van der Waals surface area (Å²) < 4.78 is 5.55. The Morgan fingerprint density at radius 2 is 1.42 bits per heavy atom. The number of nitrogens with zero attached hydrogens (tertiary/aromatic N) is 2. The smallest absolute Gasteiger partial charge is 0.119 e. The molecule has 0 amide bonds. The molecule has 0 fully saturated rings. The van der Waals surface area contributed by atoms with Gasteiger partial charge in [0.15, 0.2) is 0 Å². The van der Waals surface area contributed by atoms with Gasteiger partial charge in [-0.05, 0) is 54.3 Å². The first-order valence-electron chi connectivity index (χ1n) is 9.20. The number of pyridine rings is 1. The van der Waals surface area contributed by atoms with Crippen molar-refractivity contribution in [3.8, 4) is 5.75 Å². The summed E-state index contributed by atoms with van der Waals surface area (Å²) in [5, 5.41) is 0. The van der Waals surface area contributed by atoms with E-state index in [1.807, 2.05) is 19.3 Å². The lowest BCUT2D eigenvalue weighted by atomic mass is 10.1. The molecule has 2 aromatic carbocycles. The van der Waals surface area contributed by atoms with Crippen molar-refractivity contribution >= 4 is 0 Å². The van der Waals surface area contributed by atoms with Crippen LogP contribution in [0.5, 0.6) is 5.75 Å². The molecule has 0 radical (unpaired) electrons. The van der Waals surface area contributed by atoms with Gasteiger partial charge in [-0.1, -0.05) is 42.5 Å². The van der Waals surface area contributed by atoms with Crippen molar-refractivity contribution in [2.75, 3.05) is 13.2 Å². The fourth-order valence-corrected chi connectivity index (χ4v) is 3.01. The zero-order chi connectivity index (χ0) is 18.0. The van der Waals surface area contributed by atoms with E-state index in [4.69, 9.17) is 4.74 Å². The van der Waals surface area contributed by atoms with Gasteiger partial charge < -0.3 is 4.74 Å². The monoisotopic (exact) mass is 346 g/mol. The van der Waals surface area contributed by atoms with Crippen LogP contribution in [0.15, 0.2) is 79.1 Å². The van der Waals surface area contributed by atoms with Crippen LogP contribution in [0.25, 0.3) is 0 Å². The van der Waals surface area contributed by atoms with E-state index in [0.717, 1.165) is 31.8 Å². The van der Waals surface area contributed by atoms with E-state index < -0.39 is 0 Å². The SMILES string of the molecule is CCOc1ccc(CN(CCc2ccccc2)Cc2ccncc2)cc1. The van der Waals surface area contributed by atoms with Crippen molar-refractivity contribution in [3.05, 3.63) is 95.8 Å². The lowest BCUT2D eigenvalue weighted by molar-refractivity contribution is 0.260. The summed E-state index contributed by atoms with van der Waals surface area (Å²) in [6.07, 6.45) is 4.77. The van der Waals surface area contributed by atoms with Crippen LogP contribution >= 0.6 is 0 Å². The summed E-state index contributed by atoms with van der Waals surface area (Å²) in [4.78, 5) is 6.61. The van der Waals surface area contributed by atoms with E-state index in [1.54, 1.807) is 0 Å². The Bertz CT molecular complexity index is 757. The number of hydrogen-bond donors (Lipinski definition) is 0. The lowest BCUT2D eigenvalue weighted by Gasteiger charge is -2.23. The first kappa shape index (κ1) is 18.2. The predicted molar refractivity (Wildman–Crippen MR) is 106 cm³/mol. The predicted octanol–water partition coefficient (Wildman–Crippen LogP) is 4.73. The van der Waals surface area contributed by atoms with E-state index in [9.17, 15) is 0 Å². The molecule has 3 nitrogen and oxygen atoms in total. The Morgan fingerprint density at radius 1 is 0.769 bits per heavy atom. The molecule has 134 valence electrons. The maximum atomic E-state index is 5.55. The highest BCUT2D eigenvalue weighted by Crippen LogP contribution is 2.15. The number of rotatable bonds is 9. The normalized spacial score (nSPS) is 10.8. The van der Waals surface area contributed by atoms with E-state index in [0.29, 0.717) is 6.61 Å². The standard InChI is InChI=1S/C23H26N2O/c1-2-26-23-10-8-21(9-11-23)18-25(19-22-12-15-24-16-13-22)17-14-20-6-4-3-5-7-20/h3-13,15-16H,2,14,17-19H2,1H3. The molecule has 1 aromatic heterocycles. The molecule has 0 aliphatic rings. The highest BCUT2D eigenvalue weighted by atomic mass is 16.5. The molecule has 26 heavy (non-hydrogen) atoms. The fourth-order valence-electron chi connectivity index (χ4n) is 3.01. The third-order valence-corrected chi connectivity index (χ3v) is 4.36. The second kappa shape index (κ2) is 9.73. The van der Waals surface area contributed by atoms with Crippen molar-refractivity contribution < 1.29 is 4.74 Å². The first-order valence-corrected chi connectivity index (χ1v) is 9.20. The minimum atomic E-state index is 0.699. The van der Waals surface area contributed by atoms with Crippen molar-refractivity contribution in [2.45, 2.75) is 26.4 Å². The van der Waals surface area contributed by atoms with Crippen LogP contribution in [-0.4, -0.2) is 23.0 Å². The van der Waals surface area contributed by atoms with E-state index in [2.05, 4.69) is 76.6 Å². The van der Waals surface area contributed by atoms with Crippen LogP contribution < -0.4 is 4.74 Å². The zero-order valence-electron chi connectivity index (χ0n) is 15.3. The van der Waals surface area contributed by atoms with E-state index in [1.165, 1.54) is 16.7 Å². The van der Waals surface area contributed by atoms with Crippen LogP contribution in [0.1, 0.15) is 23.6 Å². The van der Waals surface area contributed by atoms with Gasteiger partial charge in [0.1, 0.15) is 5.75 Å².